The molecule has 5 nitrogen and oxygen atoms in total. The number of hydrogen-bond donors (Lipinski definition) is 2. The van der Waals surface area contributed by atoms with Crippen LogP contribution in [0.25, 0.3) is 11.1 Å². The Hall–Kier alpha value is -3.42. The highest BCUT2D eigenvalue weighted by Gasteiger charge is 2.38. The highest BCUT2D eigenvalue weighted by Crippen LogP contribution is 2.43. The number of rotatable bonds is 9. The molecule has 1 heterocycles. The number of aliphatic hydroxyl groups excluding tert-OH is 1. The number of thioether (sulfide) groups is 1. The zero-order chi connectivity index (χ0) is 27.9. The minimum atomic E-state index is -0.525. The molecule has 4 aromatic carbocycles. The van der Waals surface area contributed by atoms with Gasteiger partial charge in [-0.2, -0.15) is 0 Å². The fourth-order valence-corrected chi connectivity index (χ4v) is 6.05. The number of hydrogen-bond acceptors (Lipinski definition) is 5. The first-order valence-electron chi connectivity index (χ1n) is 13.6. The summed E-state index contributed by atoms with van der Waals surface area (Å²) in [4.78, 5) is 12.6. The number of benzene rings is 4. The van der Waals surface area contributed by atoms with Crippen LogP contribution in [-0.4, -0.2) is 22.9 Å². The highest BCUT2D eigenvalue weighted by molar-refractivity contribution is 7.99. The normalized spacial score (nSPS) is 20.7. The van der Waals surface area contributed by atoms with E-state index in [9.17, 15) is 9.90 Å². The van der Waals surface area contributed by atoms with Crippen molar-refractivity contribution in [2.45, 2.75) is 50.4 Å². The van der Waals surface area contributed by atoms with Crippen molar-refractivity contribution in [2.24, 2.45) is 5.92 Å². The topological polar surface area (TPSA) is 67.8 Å². The van der Waals surface area contributed by atoms with E-state index in [0.717, 1.165) is 39.1 Å². The SMILES string of the molecule is CC(=O)NCc1cccc(-c2cccc([C@H]3O[C@@H](CSc4ccccc4)[C@@H](C)[C@@H](c4ccc(CO)cc4)O3)c2)c1. The fraction of sp³-hybridized carbons (Fsp3) is 0.265. The molecule has 5 rings (SSSR count). The Kier molecular flexibility index (Phi) is 9.34. The molecule has 1 fully saturated rings. The van der Waals surface area contributed by atoms with Crippen LogP contribution in [0.1, 0.15) is 48.5 Å². The van der Waals surface area contributed by atoms with Gasteiger partial charge in [-0.05, 0) is 52.1 Å². The number of amides is 1. The third kappa shape index (κ3) is 7.01. The molecule has 0 aromatic heterocycles. The van der Waals surface area contributed by atoms with Crippen LogP contribution in [0.15, 0.2) is 108 Å². The van der Waals surface area contributed by atoms with E-state index in [0.29, 0.717) is 6.54 Å². The first kappa shape index (κ1) is 28.1. The average Bonchev–Trinajstić information content (AvgIpc) is 3.00. The Morgan fingerprint density at radius 3 is 2.27 bits per heavy atom. The van der Waals surface area contributed by atoms with Gasteiger partial charge in [0.1, 0.15) is 0 Å². The van der Waals surface area contributed by atoms with Crippen LogP contribution in [0.4, 0.5) is 0 Å². The number of aliphatic hydroxyl groups is 1. The van der Waals surface area contributed by atoms with Gasteiger partial charge in [0.15, 0.2) is 6.29 Å². The molecule has 4 atom stereocenters. The van der Waals surface area contributed by atoms with Crippen molar-refractivity contribution < 1.29 is 19.4 Å². The van der Waals surface area contributed by atoms with Crippen molar-refractivity contribution in [3.63, 3.8) is 0 Å². The molecule has 1 saturated heterocycles. The van der Waals surface area contributed by atoms with E-state index < -0.39 is 6.29 Å². The predicted molar refractivity (Wildman–Crippen MR) is 160 cm³/mol. The summed E-state index contributed by atoms with van der Waals surface area (Å²) in [5, 5.41) is 12.4. The first-order chi connectivity index (χ1) is 19.5. The summed E-state index contributed by atoms with van der Waals surface area (Å²) < 4.78 is 13.3. The van der Waals surface area contributed by atoms with E-state index in [2.05, 4.69) is 66.8 Å². The smallest absolute Gasteiger partial charge is 0.217 e. The minimum absolute atomic E-state index is 0.0161. The van der Waals surface area contributed by atoms with Crippen LogP contribution < -0.4 is 5.32 Å². The molecule has 4 aromatic rings. The van der Waals surface area contributed by atoms with E-state index in [1.165, 1.54) is 11.8 Å². The largest absolute Gasteiger partial charge is 0.392 e. The number of nitrogens with one attached hydrogen (secondary N) is 1. The molecular weight excluding hydrogens is 518 g/mol. The van der Waals surface area contributed by atoms with Crippen molar-refractivity contribution in [3.05, 3.63) is 125 Å². The summed E-state index contributed by atoms with van der Waals surface area (Å²) in [6, 6.07) is 34.9. The number of carbonyl (C=O) groups is 1. The minimum Gasteiger partial charge on any atom is -0.392 e. The van der Waals surface area contributed by atoms with Crippen molar-refractivity contribution in [1.82, 2.24) is 5.32 Å². The number of carbonyl (C=O) groups excluding carboxylic acids is 1. The maximum absolute atomic E-state index is 11.4. The highest BCUT2D eigenvalue weighted by atomic mass is 32.2. The molecule has 0 spiro atoms. The molecule has 1 aliphatic rings. The third-order valence-corrected chi connectivity index (χ3v) is 8.34. The molecule has 0 radical (unpaired) electrons. The molecule has 1 aliphatic heterocycles. The Morgan fingerprint density at radius 1 is 0.825 bits per heavy atom. The van der Waals surface area contributed by atoms with Gasteiger partial charge in [0, 0.05) is 35.6 Å². The Balaban J connectivity index is 1.41. The summed E-state index contributed by atoms with van der Waals surface area (Å²) in [5.41, 5.74) is 6.09. The quantitative estimate of drug-likeness (QED) is 0.217. The van der Waals surface area contributed by atoms with Gasteiger partial charge in [-0.15, -0.1) is 11.8 Å². The second kappa shape index (κ2) is 13.3. The molecule has 6 heteroatoms. The van der Waals surface area contributed by atoms with E-state index in [1.807, 2.05) is 48.5 Å². The van der Waals surface area contributed by atoms with E-state index in [4.69, 9.17) is 9.47 Å². The molecule has 0 aliphatic carbocycles. The van der Waals surface area contributed by atoms with Gasteiger partial charge in [0.25, 0.3) is 0 Å². The summed E-state index contributed by atoms with van der Waals surface area (Å²) in [5.74, 6) is 0.885. The van der Waals surface area contributed by atoms with E-state index in [1.54, 1.807) is 11.8 Å². The van der Waals surface area contributed by atoms with Gasteiger partial charge >= 0.3 is 0 Å². The Labute approximate surface area is 240 Å². The number of ether oxygens (including phenoxy) is 2. The second-order valence-electron chi connectivity index (χ2n) is 10.2. The van der Waals surface area contributed by atoms with Crippen LogP contribution in [-0.2, 0) is 27.4 Å². The molecule has 1 amide bonds. The maximum Gasteiger partial charge on any atom is 0.217 e. The van der Waals surface area contributed by atoms with Gasteiger partial charge in [0.05, 0.1) is 18.8 Å². The average molecular weight is 554 g/mol. The summed E-state index contributed by atoms with van der Waals surface area (Å²) >= 11 is 1.80. The van der Waals surface area contributed by atoms with Crippen LogP contribution in [0.2, 0.25) is 0 Å². The van der Waals surface area contributed by atoms with Crippen LogP contribution in [0, 0.1) is 5.92 Å². The molecule has 0 saturated carbocycles. The molecule has 0 bridgehead atoms. The molecule has 206 valence electrons. The molecule has 2 N–H and O–H groups in total. The summed E-state index contributed by atoms with van der Waals surface area (Å²) in [6.45, 7) is 4.22. The Bertz CT molecular complexity index is 1410. The van der Waals surface area contributed by atoms with Gasteiger partial charge in [-0.3, -0.25) is 4.79 Å². The lowest BCUT2D eigenvalue weighted by atomic mass is 9.91. The Morgan fingerprint density at radius 2 is 1.55 bits per heavy atom. The second-order valence-corrected chi connectivity index (χ2v) is 11.3. The van der Waals surface area contributed by atoms with E-state index in [-0.39, 0.29) is 30.6 Å². The summed E-state index contributed by atoms with van der Waals surface area (Å²) in [7, 11) is 0. The summed E-state index contributed by atoms with van der Waals surface area (Å²) in [6.07, 6.45) is -0.712. The van der Waals surface area contributed by atoms with Crippen molar-refractivity contribution >= 4 is 17.7 Å². The molecular formula is C34H35NO4S. The van der Waals surface area contributed by atoms with Crippen molar-refractivity contribution in [3.8, 4) is 11.1 Å². The van der Waals surface area contributed by atoms with Gasteiger partial charge < -0.3 is 19.9 Å². The lowest BCUT2D eigenvalue weighted by Crippen LogP contribution is -2.38. The van der Waals surface area contributed by atoms with Crippen LogP contribution in [0.3, 0.4) is 0 Å². The van der Waals surface area contributed by atoms with Crippen LogP contribution in [0.5, 0.6) is 0 Å². The molecule has 0 unspecified atom stereocenters. The zero-order valence-corrected chi connectivity index (χ0v) is 23.6. The fourth-order valence-electron chi connectivity index (χ4n) is 4.96. The lowest BCUT2D eigenvalue weighted by molar-refractivity contribution is -0.268. The van der Waals surface area contributed by atoms with Gasteiger partial charge in [0.2, 0.25) is 5.91 Å². The monoisotopic (exact) mass is 553 g/mol. The zero-order valence-electron chi connectivity index (χ0n) is 22.8. The van der Waals surface area contributed by atoms with Gasteiger partial charge in [-0.1, -0.05) is 85.8 Å². The van der Waals surface area contributed by atoms with Gasteiger partial charge in [-0.25, -0.2) is 0 Å². The third-order valence-electron chi connectivity index (χ3n) is 7.24. The van der Waals surface area contributed by atoms with Crippen LogP contribution >= 0.6 is 11.8 Å². The first-order valence-corrected chi connectivity index (χ1v) is 14.6. The molecule has 40 heavy (non-hydrogen) atoms. The predicted octanol–water partition coefficient (Wildman–Crippen LogP) is 7.07. The van der Waals surface area contributed by atoms with Crippen molar-refractivity contribution in [2.75, 3.05) is 5.75 Å². The standard InChI is InChI=1S/C34H35NO4S/c1-23-32(22-40-31-12-4-3-5-13-31)38-34(39-33(23)27-16-14-25(21-36)15-17-27)30-11-7-10-29(19-30)28-9-6-8-26(18-28)20-35-24(2)37/h3-19,23,32-34,36H,20-22H2,1-2H3,(H,35,37)/t23-,32+,33+,34+/m1/s1. The lowest BCUT2D eigenvalue weighted by Gasteiger charge is -2.41. The van der Waals surface area contributed by atoms with E-state index >= 15 is 0 Å². The van der Waals surface area contributed by atoms with Crippen molar-refractivity contribution in [1.29, 1.82) is 0 Å². The maximum atomic E-state index is 11.4.